The molecule has 0 aliphatic carbocycles. The summed E-state index contributed by atoms with van der Waals surface area (Å²) < 4.78 is 1.23. The van der Waals surface area contributed by atoms with Crippen LogP contribution in [0.1, 0.15) is 30.6 Å². The van der Waals surface area contributed by atoms with Gasteiger partial charge in [0.25, 0.3) is 5.56 Å². The number of nitrogens with one attached hydrogen (secondary N) is 1. The van der Waals surface area contributed by atoms with Crippen molar-refractivity contribution in [2.45, 2.75) is 26.8 Å². The van der Waals surface area contributed by atoms with Crippen LogP contribution < -0.4 is 10.9 Å². The van der Waals surface area contributed by atoms with Crippen LogP contribution in [0, 0.1) is 5.92 Å². The highest BCUT2D eigenvalue weighted by Gasteiger charge is 2.07. The zero-order valence-corrected chi connectivity index (χ0v) is 11.0. The second-order valence-electron chi connectivity index (χ2n) is 4.70. The maximum atomic E-state index is 11.5. The maximum absolute atomic E-state index is 11.5. The molecule has 0 fully saturated rings. The van der Waals surface area contributed by atoms with Crippen LogP contribution >= 0.6 is 0 Å². The van der Waals surface area contributed by atoms with E-state index in [0.29, 0.717) is 12.5 Å². The monoisotopic (exact) mass is 266 g/mol. The van der Waals surface area contributed by atoms with E-state index < -0.39 is 5.97 Å². The van der Waals surface area contributed by atoms with Gasteiger partial charge in [-0.25, -0.2) is 4.79 Å². The SMILES string of the molecule is CC(C)CNC(=O)CCn1cc(C(=O)O)ccc1=O. The molecule has 6 nitrogen and oxygen atoms in total. The highest BCUT2D eigenvalue weighted by atomic mass is 16.4. The van der Waals surface area contributed by atoms with Crippen molar-refractivity contribution in [3.8, 4) is 0 Å². The first-order valence-corrected chi connectivity index (χ1v) is 6.10. The van der Waals surface area contributed by atoms with E-state index >= 15 is 0 Å². The van der Waals surface area contributed by atoms with Gasteiger partial charge in [-0.05, 0) is 12.0 Å². The van der Waals surface area contributed by atoms with Crippen LogP contribution in [0.25, 0.3) is 0 Å². The van der Waals surface area contributed by atoms with Crippen molar-refractivity contribution in [2.24, 2.45) is 5.92 Å². The minimum absolute atomic E-state index is 0.0298. The number of carbonyl (C=O) groups excluding carboxylic acids is 1. The lowest BCUT2D eigenvalue weighted by atomic mass is 10.2. The molecule has 0 aliphatic heterocycles. The molecule has 1 amide bonds. The summed E-state index contributed by atoms with van der Waals surface area (Å²) >= 11 is 0. The van der Waals surface area contributed by atoms with Crippen molar-refractivity contribution >= 4 is 11.9 Å². The third-order valence-electron chi connectivity index (χ3n) is 2.52. The summed E-state index contributed by atoms with van der Waals surface area (Å²) in [4.78, 5) is 33.8. The smallest absolute Gasteiger partial charge is 0.337 e. The molecule has 0 aromatic carbocycles. The van der Waals surface area contributed by atoms with Crippen molar-refractivity contribution in [1.82, 2.24) is 9.88 Å². The summed E-state index contributed by atoms with van der Waals surface area (Å²) in [6.45, 7) is 4.73. The number of aryl methyl sites for hydroxylation is 1. The Morgan fingerprint density at radius 1 is 1.37 bits per heavy atom. The molecule has 104 valence electrons. The summed E-state index contributed by atoms with van der Waals surface area (Å²) in [7, 11) is 0. The van der Waals surface area contributed by atoms with Crippen LogP contribution in [0.3, 0.4) is 0 Å². The molecular weight excluding hydrogens is 248 g/mol. The molecule has 0 atom stereocenters. The average Bonchev–Trinajstić information content (AvgIpc) is 2.35. The standard InChI is InChI=1S/C13H18N2O4/c1-9(2)7-14-11(16)5-6-15-8-10(13(18)19)3-4-12(15)17/h3-4,8-9H,5-7H2,1-2H3,(H,14,16)(H,18,19). The van der Waals surface area contributed by atoms with E-state index in [0.717, 1.165) is 0 Å². The normalized spacial score (nSPS) is 10.5. The lowest BCUT2D eigenvalue weighted by Gasteiger charge is -2.09. The van der Waals surface area contributed by atoms with Crippen molar-refractivity contribution in [2.75, 3.05) is 6.54 Å². The molecular formula is C13H18N2O4. The molecule has 0 bridgehead atoms. The van der Waals surface area contributed by atoms with Crippen LogP contribution in [-0.4, -0.2) is 28.1 Å². The van der Waals surface area contributed by atoms with E-state index in [1.807, 2.05) is 13.8 Å². The number of carboxylic acid groups (broad SMARTS) is 1. The third kappa shape index (κ3) is 4.95. The highest BCUT2D eigenvalue weighted by molar-refractivity contribution is 5.87. The van der Waals surface area contributed by atoms with Gasteiger partial charge in [0.05, 0.1) is 5.56 Å². The first-order valence-electron chi connectivity index (χ1n) is 6.10. The number of hydrogen-bond acceptors (Lipinski definition) is 3. The molecule has 0 radical (unpaired) electrons. The van der Waals surface area contributed by atoms with Gasteiger partial charge in [0.15, 0.2) is 0 Å². The van der Waals surface area contributed by atoms with E-state index in [9.17, 15) is 14.4 Å². The molecule has 0 saturated carbocycles. The van der Waals surface area contributed by atoms with Crippen molar-refractivity contribution in [1.29, 1.82) is 0 Å². The maximum Gasteiger partial charge on any atom is 0.337 e. The Hall–Kier alpha value is -2.11. The number of hydrogen-bond donors (Lipinski definition) is 2. The first kappa shape index (κ1) is 14.9. The number of aromatic nitrogens is 1. The molecule has 1 aromatic heterocycles. The second kappa shape index (κ2) is 6.72. The van der Waals surface area contributed by atoms with Gasteiger partial charge in [0.1, 0.15) is 0 Å². The summed E-state index contributed by atoms with van der Waals surface area (Å²) in [5, 5.41) is 11.6. The quantitative estimate of drug-likeness (QED) is 0.793. The van der Waals surface area contributed by atoms with Crippen molar-refractivity contribution < 1.29 is 14.7 Å². The zero-order chi connectivity index (χ0) is 14.4. The highest BCUT2D eigenvalue weighted by Crippen LogP contribution is 1.97. The summed E-state index contributed by atoms with van der Waals surface area (Å²) in [5.74, 6) is -0.888. The fourth-order valence-electron chi connectivity index (χ4n) is 1.46. The number of carboxylic acids is 1. The van der Waals surface area contributed by atoms with Gasteiger partial charge < -0.3 is 15.0 Å². The van der Waals surface area contributed by atoms with E-state index in [1.165, 1.54) is 22.9 Å². The molecule has 1 rings (SSSR count). The lowest BCUT2D eigenvalue weighted by Crippen LogP contribution is -2.29. The van der Waals surface area contributed by atoms with Gasteiger partial charge in [-0.1, -0.05) is 13.8 Å². The van der Waals surface area contributed by atoms with E-state index in [2.05, 4.69) is 5.32 Å². The van der Waals surface area contributed by atoms with Crippen LogP contribution in [0.4, 0.5) is 0 Å². The summed E-state index contributed by atoms with van der Waals surface area (Å²) in [5.41, 5.74) is -0.288. The van der Waals surface area contributed by atoms with E-state index in [1.54, 1.807) is 0 Å². The Morgan fingerprint density at radius 2 is 2.05 bits per heavy atom. The minimum Gasteiger partial charge on any atom is -0.478 e. The second-order valence-corrected chi connectivity index (χ2v) is 4.70. The molecule has 0 saturated heterocycles. The predicted octanol–water partition coefficient (Wildman–Crippen LogP) is 0.709. The largest absolute Gasteiger partial charge is 0.478 e. The van der Waals surface area contributed by atoms with Crippen LogP contribution in [0.5, 0.6) is 0 Å². The Bertz CT molecular complexity index is 520. The van der Waals surface area contributed by atoms with Crippen LogP contribution in [0.2, 0.25) is 0 Å². The van der Waals surface area contributed by atoms with Crippen LogP contribution in [0.15, 0.2) is 23.1 Å². The fraction of sp³-hybridized carbons (Fsp3) is 0.462. The Balaban J connectivity index is 2.62. The molecule has 0 aliphatic rings. The predicted molar refractivity (Wildman–Crippen MR) is 70.1 cm³/mol. The number of nitrogens with zero attached hydrogens (tertiary/aromatic N) is 1. The molecule has 2 N–H and O–H groups in total. The van der Waals surface area contributed by atoms with Gasteiger partial charge in [0.2, 0.25) is 5.91 Å². The van der Waals surface area contributed by atoms with Gasteiger partial charge in [-0.2, -0.15) is 0 Å². The summed E-state index contributed by atoms with van der Waals surface area (Å²) in [6, 6.07) is 2.44. The lowest BCUT2D eigenvalue weighted by molar-refractivity contribution is -0.121. The third-order valence-corrected chi connectivity index (χ3v) is 2.52. The molecule has 1 heterocycles. The molecule has 0 unspecified atom stereocenters. The molecule has 0 spiro atoms. The first-order chi connectivity index (χ1) is 8.90. The fourth-order valence-corrected chi connectivity index (χ4v) is 1.46. The van der Waals surface area contributed by atoms with Gasteiger partial charge in [-0.15, -0.1) is 0 Å². The van der Waals surface area contributed by atoms with E-state index in [4.69, 9.17) is 5.11 Å². The van der Waals surface area contributed by atoms with Crippen molar-refractivity contribution in [3.63, 3.8) is 0 Å². The van der Waals surface area contributed by atoms with Gasteiger partial charge >= 0.3 is 5.97 Å². The topological polar surface area (TPSA) is 88.4 Å². The Labute approximate surface area is 111 Å². The summed E-state index contributed by atoms with van der Waals surface area (Å²) in [6.07, 6.45) is 1.40. The molecule has 6 heteroatoms. The molecule has 1 aromatic rings. The number of aromatic carboxylic acids is 1. The number of rotatable bonds is 6. The average molecular weight is 266 g/mol. The number of pyridine rings is 1. The number of amides is 1. The number of carbonyl (C=O) groups is 2. The Kier molecular flexibility index (Phi) is 5.29. The van der Waals surface area contributed by atoms with Crippen molar-refractivity contribution in [3.05, 3.63) is 34.2 Å². The zero-order valence-electron chi connectivity index (χ0n) is 11.0. The van der Waals surface area contributed by atoms with E-state index in [-0.39, 0.29) is 30.0 Å². The minimum atomic E-state index is -1.10. The van der Waals surface area contributed by atoms with Gasteiger partial charge in [0, 0.05) is 31.8 Å². The molecule has 19 heavy (non-hydrogen) atoms. The van der Waals surface area contributed by atoms with Gasteiger partial charge in [-0.3, -0.25) is 9.59 Å². The Morgan fingerprint density at radius 3 is 2.63 bits per heavy atom. The van der Waals surface area contributed by atoms with Crippen LogP contribution in [-0.2, 0) is 11.3 Å².